The molecule has 3 rings (SSSR count). The Bertz CT molecular complexity index is 906. The third-order valence-electron chi connectivity index (χ3n) is 5.94. The molecule has 2 nitrogen and oxygen atoms in total. The molecule has 0 radical (unpaired) electrons. The molecular formula is C24H28N2. The van der Waals surface area contributed by atoms with Gasteiger partial charge >= 0.3 is 0 Å². The summed E-state index contributed by atoms with van der Waals surface area (Å²) in [6.07, 6.45) is 4.38. The molecule has 2 aromatic carbocycles. The van der Waals surface area contributed by atoms with Crippen molar-refractivity contribution in [3.8, 4) is 6.19 Å². The van der Waals surface area contributed by atoms with Crippen molar-refractivity contribution >= 4 is 5.71 Å². The SMILES string of the molecule is Cc1ccc(/C(=N\C#N)c2cc3c(cc2C)C(C)(C)CCC3(C)C)cc1. The van der Waals surface area contributed by atoms with Crippen molar-refractivity contribution in [1.29, 1.82) is 5.26 Å². The fourth-order valence-corrected chi connectivity index (χ4v) is 4.02. The highest BCUT2D eigenvalue weighted by molar-refractivity contribution is 6.14. The fourth-order valence-electron chi connectivity index (χ4n) is 4.02. The van der Waals surface area contributed by atoms with E-state index in [0.717, 1.165) is 16.8 Å². The summed E-state index contributed by atoms with van der Waals surface area (Å²) in [5, 5.41) is 9.29. The summed E-state index contributed by atoms with van der Waals surface area (Å²) >= 11 is 0. The van der Waals surface area contributed by atoms with Gasteiger partial charge in [0.1, 0.15) is 0 Å². The zero-order valence-electron chi connectivity index (χ0n) is 16.8. The first kappa shape index (κ1) is 18.4. The van der Waals surface area contributed by atoms with Crippen LogP contribution >= 0.6 is 0 Å². The van der Waals surface area contributed by atoms with Crippen LogP contribution < -0.4 is 0 Å². The molecule has 0 fully saturated rings. The van der Waals surface area contributed by atoms with Crippen LogP contribution in [-0.2, 0) is 10.8 Å². The largest absolute Gasteiger partial charge is 0.206 e. The molecule has 0 saturated carbocycles. The monoisotopic (exact) mass is 344 g/mol. The number of aryl methyl sites for hydroxylation is 2. The maximum atomic E-state index is 9.29. The number of benzene rings is 2. The van der Waals surface area contributed by atoms with Gasteiger partial charge in [0.15, 0.2) is 0 Å². The number of fused-ring (bicyclic) bond motifs is 1. The van der Waals surface area contributed by atoms with Crippen molar-refractivity contribution in [3.05, 3.63) is 69.8 Å². The minimum Gasteiger partial charge on any atom is -0.172 e. The first-order valence-electron chi connectivity index (χ1n) is 9.35. The second-order valence-corrected chi connectivity index (χ2v) is 8.91. The molecule has 0 atom stereocenters. The van der Waals surface area contributed by atoms with Gasteiger partial charge in [0.25, 0.3) is 0 Å². The normalized spacial score (nSPS) is 18.1. The van der Waals surface area contributed by atoms with Crippen LogP contribution in [0.3, 0.4) is 0 Å². The smallest absolute Gasteiger partial charge is 0.172 e. The molecule has 0 saturated heterocycles. The summed E-state index contributed by atoms with van der Waals surface area (Å²) < 4.78 is 0. The molecule has 134 valence electrons. The van der Waals surface area contributed by atoms with E-state index in [1.165, 1.54) is 35.1 Å². The number of hydrogen-bond donors (Lipinski definition) is 0. The Morgan fingerprint density at radius 2 is 1.46 bits per heavy atom. The molecule has 0 aliphatic heterocycles. The number of hydrogen-bond acceptors (Lipinski definition) is 2. The Balaban J connectivity index is 2.23. The first-order valence-corrected chi connectivity index (χ1v) is 9.35. The lowest BCUT2D eigenvalue weighted by Crippen LogP contribution is -2.34. The highest BCUT2D eigenvalue weighted by Crippen LogP contribution is 2.46. The molecule has 26 heavy (non-hydrogen) atoms. The molecule has 0 unspecified atom stereocenters. The zero-order chi connectivity index (χ0) is 19.1. The van der Waals surface area contributed by atoms with Gasteiger partial charge in [-0.1, -0.05) is 63.6 Å². The molecule has 2 aromatic rings. The summed E-state index contributed by atoms with van der Waals surface area (Å²) in [6.45, 7) is 13.5. The summed E-state index contributed by atoms with van der Waals surface area (Å²) in [4.78, 5) is 4.21. The van der Waals surface area contributed by atoms with Gasteiger partial charge in [-0.25, -0.2) is 0 Å². The third kappa shape index (κ3) is 3.19. The zero-order valence-corrected chi connectivity index (χ0v) is 16.8. The number of nitriles is 1. The minimum atomic E-state index is 0.137. The summed E-state index contributed by atoms with van der Waals surface area (Å²) in [7, 11) is 0. The van der Waals surface area contributed by atoms with Gasteiger partial charge in [-0.2, -0.15) is 10.3 Å². The van der Waals surface area contributed by atoms with Crippen molar-refractivity contribution in [2.45, 2.75) is 65.2 Å². The quantitative estimate of drug-likeness (QED) is 0.488. The minimum absolute atomic E-state index is 0.137. The van der Waals surface area contributed by atoms with E-state index >= 15 is 0 Å². The first-order chi connectivity index (χ1) is 12.2. The lowest BCUT2D eigenvalue weighted by molar-refractivity contribution is 0.331. The van der Waals surface area contributed by atoms with E-state index < -0.39 is 0 Å². The van der Waals surface area contributed by atoms with Crippen LogP contribution in [0, 0.1) is 25.3 Å². The van der Waals surface area contributed by atoms with Gasteiger partial charge in [0, 0.05) is 11.1 Å². The maximum absolute atomic E-state index is 9.29. The summed E-state index contributed by atoms with van der Waals surface area (Å²) in [6, 6.07) is 12.9. The molecule has 0 bridgehead atoms. The van der Waals surface area contributed by atoms with Gasteiger partial charge < -0.3 is 0 Å². The lowest BCUT2D eigenvalue weighted by atomic mass is 9.62. The Morgan fingerprint density at radius 3 is 2.00 bits per heavy atom. The van der Waals surface area contributed by atoms with E-state index in [1.807, 2.05) is 6.19 Å². The van der Waals surface area contributed by atoms with Crippen molar-refractivity contribution in [2.75, 3.05) is 0 Å². The molecule has 0 heterocycles. The maximum Gasteiger partial charge on any atom is 0.206 e. The highest BCUT2D eigenvalue weighted by atomic mass is 14.7. The van der Waals surface area contributed by atoms with E-state index in [9.17, 15) is 5.26 Å². The van der Waals surface area contributed by atoms with Crippen molar-refractivity contribution < 1.29 is 0 Å². The number of rotatable bonds is 2. The molecule has 0 spiro atoms. The van der Waals surface area contributed by atoms with Gasteiger partial charge in [-0.3, -0.25) is 0 Å². The lowest BCUT2D eigenvalue weighted by Gasteiger charge is -2.42. The Labute approximate surface area is 157 Å². The van der Waals surface area contributed by atoms with Crippen molar-refractivity contribution in [3.63, 3.8) is 0 Å². The van der Waals surface area contributed by atoms with Crippen molar-refractivity contribution in [2.24, 2.45) is 4.99 Å². The molecule has 0 amide bonds. The highest BCUT2D eigenvalue weighted by Gasteiger charge is 2.37. The summed E-state index contributed by atoms with van der Waals surface area (Å²) in [5.41, 5.74) is 8.38. The van der Waals surface area contributed by atoms with Gasteiger partial charge in [0.2, 0.25) is 6.19 Å². The van der Waals surface area contributed by atoms with Crippen LogP contribution in [0.25, 0.3) is 0 Å². The summed E-state index contributed by atoms with van der Waals surface area (Å²) in [5.74, 6) is 0. The van der Waals surface area contributed by atoms with Crippen LogP contribution in [0.5, 0.6) is 0 Å². The van der Waals surface area contributed by atoms with E-state index in [0.29, 0.717) is 0 Å². The van der Waals surface area contributed by atoms with Crippen LogP contribution in [0.15, 0.2) is 41.4 Å². The predicted molar refractivity (Wildman–Crippen MR) is 109 cm³/mol. The fraction of sp³-hybridized carbons (Fsp3) is 0.417. The predicted octanol–water partition coefficient (Wildman–Crippen LogP) is 5.97. The van der Waals surface area contributed by atoms with E-state index in [2.05, 4.69) is 82.9 Å². The Hall–Kier alpha value is -2.40. The van der Waals surface area contributed by atoms with Gasteiger partial charge in [-0.15, -0.1) is 0 Å². The average molecular weight is 345 g/mol. The topological polar surface area (TPSA) is 36.1 Å². The molecule has 2 heteroatoms. The Morgan fingerprint density at radius 1 is 0.923 bits per heavy atom. The van der Waals surface area contributed by atoms with Crippen LogP contribution in [0.2, 0.25) is 0 Å². The molecular weight excluding hydrogens is 316 g/mol. The van der Waals surface area contributed by atoms with Crippen LogP contribution in [0.4, 0.5) is 0 Å². The second kappa shape index (κ2) is 6.40. The average Bonchev–Trinajstić information content (AvgIpc) is 2.58. The van der Waals surface area contributed by atoms with E-state index in [1.54, 1.807) is 0 Å². The van der Waals surface area contributed by atoms with Crippen molar-refractivity contribution in [1.82, 2.24) is 0 Å². The third-order valence-corrected chi connectivity index (χ3v) is 5.94. The second-order valence-electron chi connectivity index (χ2n) is 8.91. The standard InChI is InChI=1S/C24H28N2/c1-16-7-9-18(10-8-16)22(26-15-25)19-14-21-20(13-17(19)2)23(3,4)11-12-24(21,5)6/h7-10,13-14H,11-12H2,1-6H3/b26-22+. The van der Waals surface area contributed by atoms with E-state index in [-0.39, 0.29) is 10.8 Å². The molecule has 1 aliphatic rings. The van der Waals surface area contributed by atoms with E-state index in [4.69, 9.17) is 0 Å². The molecule has 0 aromatic heterocycles. The number of aliphatic imine (C=N–C) groups is 1. The van der Waals surface area contributed by atoms with Gasteiger partial charge in [-0.05, 0) is 60.3 Å². The Kier molecular flexibility index (Phi) is 4.53. The van der Waals surface area contributed by atoms with Crippen LogP contribution in [-0.4, -0.2) is 5.71 Å². The molecule has 0 N–H and O–H groups in total. The number of nitrogens with zero attached hydrogens (tertiary/aromatic N) is 2. The van der Waals surface area contributed by atoms with Gasteiger partial charge in [0.05, 0.1) is 5.71 Å². The molecule has 1 aliphatic carbocycles. The van der Waals surface area contributed by atoms with Crippen LogP contribution in [0.1, 0.15) is 73.9 Å².